The van der Waals surface area contributed by atoms with Gasteiger partial charge in [0.1, 0.15) is 12.2 Å². The summed E-state index contributed by atoms with van der Waals surface area (Å²) in [4.78, 5) is 4.04. The normalized spacial score (nSPS) is 23.1. The van der Waals surface area contributed by atoms with Crippen molar-refractivity contribution in [2.24, 2.45) is 0 Å². The van der Waals surface area contributed by atoms with Crippen LogP contribution >= 0.6 is 0 Å². The predicted octanol–water partition coefficient (Wildman–Crippen LogP) is -0.242. The molecule has 0 saturated carbocycles. The molecule has 1 aliphatic heterocycles. The largest absolute Gasteiger partial charge is 0.394 e. The Kier molecular flexibility index (Phi) is 1.20. The molecule has 0 saturated heterocycles. The Hall–Kier alpha value is -0.900. The highest BCUT2D eigenvalue weighted by atomic mass is 16.3. The predicted molar refractivity (Wildman–Crippen MR) is 34.5 cm³/mol. The minimum Gasteiger partial charge on any atom is -0.394 e. The van der Waals surface area contributed by atoms with Crippen molar-refractivity contribution in [3.63, 3.8) is 0 Å². The van der Waals surface area contributed by atoms with Gasteiger partial charge in [-0.2, -0.15) is 5.10 Å². The molecular formula is C6H9N3O. The fourth-order valence-electron chi connectivity index (χ4n) is 1.34. The summed E-state index contributed by atoms with van der Waals surface area (Å²) < 4.78 is 1.81. The maximum Gasteiger partial charge on any atom is 0.138 e. The summed E-state index contributed by atoms with van der Waals surface area (Å²) in [7, 11) is 0. The van der Waals surface area contributed by atoms with E-state index in [1.807, 2.05) is 0 Å². The minimum atomic E-state index is 0.177. The van der Waals surface area contributed by atoms with Crippen LogP contribution in [0.25, 0.3) is 0 Å². The molecule has 0 amide bonds. The zero-order chi connectivity index (χ0) is 6.97. The summed E-state index contributed by atoms with van der Waals surface area (Å²) in [5, 5.41) is 12.8. The smallest absolute Gasteiger partial charge is 0.138 e. The van der Waals surface area contributed by atoms with Crippen LogP contribution in [0.1, 0.15) is 18.3 Å². The second-order valence-electron chi connectivity index (χ2n) is 2.50. The third-order valence-corrected chi connectivity index (χ3v) is 1.91. The van der Waals surface area contributed by atoms with Gasteiger partial charge in [0.2, 0.25) is 0 Å². The highest BCUT2D eigenvalue weighted by molar-refractivity contribution is 4.94. The number of hydrogen-bond donors (Lipinski definition) is 1. The molecule has 4 nitrogen and oxygen atoms in total. The van der Waals surface area contributed by atoms with Crippen LogP contribution in [-0.2, 0) is 6.42 Å². The van der Waals surface area contributed by atoms with Gasteiger partial charge in [-0.1, -0.05) is 0 Å². The van der Waals surface area contributed by atoms with Crippen LogP contribution in [0.4, 0.5) is 0 Å². The van der Waals surface area contributed by atoms with Gasteiger partial charge in [0.25, 0.3) is 0 Å². The van der Waals surface area contributed by atoms with Gasteiger partial charge in [-0.25, -0.2) is 9.67 Å². The van der Waals surface area contributed by atoms with E-state index in [2.05, 4.69) is 10.1 Å². The van der Waals surface area contributed by atoms with Crippen LogP contribution in [0.2, 0.25) is 0 Å². The molecule has 1 aromatic rings. The van der Waals surface area contributed by atoms with Crippen molar-refractivity contribution in [3.8, 4) is 0 Å². The van der Waals surface area contributed by atoms with Gasteiger partial charge >= 0.3 is 0 Å². The van der Waals surface area contributed by atoms with Gasteiger partial charge in [0, 0.05) is 6.42 Å². The van der Waals surface area contributed by atoms with Gasteiger partial charge in [0.05, 0.1) is 12.6 Å². The highest BCUT2D eigenvalue weighted by Gasteiger charge is 2.22. The Morgan fingerprint density at radius 3 is 3.50 bits per heavy atom. The van der Waals surface area contributed by atoms with Gasteiger partial charge in [0.15, 0.2) is 0 Å². The molecular weight excluding hydrogens is 130 g/mol. The first-order chi connectivity index (χ1) is 4.92. The number of fused-ring (bicyclic) bond motifs is 1. The van der Waals surface area contributed by atoms with Crippen molar-refractivity contribution in [2.75, 3.05) is 6.61 Å². The third kappa shape index (κ3) is 0.654. The number of aromatic nitrogens is 3. The Morgan fingerprint density at radius 1 is 1.80 bits per heavy atom. The topological polar surface area (TPSA) is 50.9 Å². The molecule has 0 bridgehead atoms. The van der Waals surface area contributed by atoms with Crippen molar-refractivity contribution in [2.45, 2.75) is 18.9 Å². The van der Waals surface area contributed by atoms with Crippen LogP contribution in [0.3, 0.4) is 0 Å². The molecule has 1 N–H and O–H groups in total. The van der Waals surface area contributed by atoms with Crippen molar-refractivity contribution >= 4 is 0 Å². The fourth-order valence-corrected chi connectivity index (χ4v) is 1.34. The number of nitrogens with zero attached hydrogens (tertiary/aromatic N) is 3. The molecule has 0 spiro atoms. The minimum absolute atomic E-state index is 0.177. The summed E-state index contributed by atoms with van der Waals surface area (Å²) in [5.74, 6) is 0.999. The number of aliphatic hydroxyl groups is 1. The average molecular weight is 139 g/mol. The van der Waals surface area contributed by atoms with E-state index in [1.54, 1.807) is 4.68 Å². The Balaban J connectivity index is 2.34. The first-order valence-corrected chi connectivity index (χ1v) is 3.41. The first kappa shape index (κ1) is 5.85. The van der Waals surface area contributed by atoms with E-state index in [0.717, 1.165) is 18.7 Å². The second kappa shape index (κ2) is 2.05. The molecule has 0 unspecified atom stereocenters. The molecule has 2 heterocycles. The number of aryl methyl sites for hydroxylation is 1. The van der Waals surface area contributed by atoms with E-state index in [0.29, 0.717) is 0 Å². The summed E-state index contributed by atoms with van der Waals surface area (Å²) in [6.07, 6.45) is 3.47. The molecule has 0 aliphatic carbocycles. The number of aliphatic hydroxyl groups excluding tert-OH is 1. The van der Waals surface area contributed by atoms with E-state index in [1.165, 1.54) is 6.33 Å². The molecule has 0 radical (unpaired) electrons. The van der Waals surface area contributed by atoms with Crippen LogP contribution in [0.15, 0.2) is 6.33 Å². The van der Waals surface area contributed by atoms with Crippen molar-refractivity contribution in [1.82, 2.24) is 14.8 Å². The molecule has 54 valence electrons. The zero-order valence-corrected chi connectivity index (χ0v) is 5.56. The standard InChI is InChI=1S/C6H9N3O/c10-3-5-1-2-6-7-4-8-9(5)6/h4-5,10H,1-3H2/t5-/m0/s1. The van der Waals surface area contributed by atoms with Gasteiger partial charge < -0.3 is 5.11 Å². The number of rotatable bonds is 1. The molecule has 1 atom stereocenters. The molecule has 1 aliphatic rings. The van der Waals surface area contributed by atoms with E-state index in [-0.39, 0.29) is 12.6 Å². The first-order valence-electron chi connectivity index (χ1n) is 3.41. The summed E-state index contributed by atoms with van der Waals surface area (Å²) in [6, 6.07) is 0.178. The molecule has 1 aromatic heterocycles. The maximum atomic E-state index is 8.84. The second-order valence-corrected chi connectivity index (χ2v) is 2.50. The quantitative estimate of drug-likeness (QED) is 0.584. The lowest BCUT2D eigenvalue weighted by Crippen LogP contribution is -2.09. The third-order valence-electron chi connectivity index (χ3n) is 1.91. The lowest BCUT2D eigenvalue weighted by molar-refractivity contribution is 0.224. The summed E-state index contributed by atoms with van der Waals surface area (Å²) in [6.45, 7) is 0.177. The lowest BCUT2D eigenvalue weighted by Gasteiger charge is -2.04. The highest BCUT2D eigenvalue weighted by Crippen LogP contribution is 2.21. The summed E-state index contributed by atoms with van der Waals surface area (Å²) in [5.41, 5.74) is 0. The molecule has 0 fully saturated rings. The Morgan fingerprint density at radius 2 is 2.70 bits per heavy atom. The molecule has 4 heteroatoms. The van der Waals surface area contributed by atoms with E-state index in [9.17, 15) is 0 Å². The van der Waals surface area contributed by atoms with Gasteiger partial charge in [-0.05, 0) is 6.42 Å². The van der Waals surface area contributed by atoms with Crippen molar-refractivity contribution < 1.29 is 5.11 Å². The fraction of sp³-hybridized carbons (Fsp3) is 0.667. The molecule has 0 aromatic carbocycles. The summed E-state index contributed by atoms with van der Waals surface area (Å²) >= 11 is 0. The van der Waals surface area contributed by atoms with Crippen molar-refractivity contribution in [1.29, 1.82) is 0 Å². The van der Waals surface area contributed by atoms with Gasteiger partial charge in [-0.15, -0.1) is 0 Å². The van der Waals surface area contributed by atoms with Crippen LogP contribution in [0.5, 0.6) is 0 Å². The van der Waals surface area contributed by atoms with Crippen molar-refractivity contribution in [3.05, 3.63) is 12.2 Å². The Bertz CT molecular complexity index is 233. The van der Waals surface area contributed by atoms with Crippen LogP contribution < -0.4 is 0 Å². The van der Waals surface area contributed by atoms with Crippen LogP contribution in [-0.4, -0.2) is 26.5 Å². The maximum absolute atomic E-state index is 8.84. The monoisotopic (exact) mass is 139 g/mol. The number of hydrogen-bond acceptors (Lipinski definition) is 3. The zero-order valence-electron chi connectivity index (χ0n) is 5.56. The average Bonchev–Trinajstić information content (AvgIpc) is 2.44. The van der Waals surface area contributed by atoms with E-state index >= 15 is 0 Å². The Labute approximate surface area is 58.5 Å². The molecule has 2 rings (SSSR count). The van der Waals surface area contributed by atoms with Crippen LogP contribution in [0, 0.1) is 0 Å². The molecule has 10 heavy (non-hydrogen) atoms. The van der Waals surface area contributed by atoms with Gasteiger partial charge in [-0.3, -0.25) is 0 Å². The van der Waals surface area contributed by atoms with E-state index < -0.39 is 0 Å². The lowest BCUT2D eigenvalue weighted by atomic mass is 10.2. The SMILES string of the molecule is OC[C@@H]1CCc2ncnn21. The van der Waals surface area contributed by atoms with E-state index in [4.69, 9.17) is 5.11 Å².